The highest BCUT2D eigenvalue weighted by molar-refractivity contribution is 5.95. The highest BCUT2D eigenvalue weighted by atomic mass is 16.2. The number of carbonyl (C=O) groups is 2. The fourth-order valence-corrected chi connectivity index (χ4v) is 4.63. The fraction of sp³-hybridized carbons (Fsp3) is 0.667. The summed E-state index contributed by atoms with van der Waals surface area (Å²) in [6, 6.07) is 0. The molecule has 2 N–H and O–H groups in total. The third-order valence-electron chi connectivity index (χ3n) is 5.99. The average molecular weight is 343 g/mol. The Balaban J connectivity index is 1.61. The lowest BCUT2D eigenvalue weighted by Crippen LogP contribution is -2.48. The number of amides is 2. The van der Waals surface area contributed by atoms with Crippen LogP contribution in [0.25, 0.3) is 0 Å². The molecular weight excluding hydrogens is 318 g/mol. The van der Waals surface area contributed by atoms with E-state index in [1.807, 2.05) is 11.9 Å². The van der Waals surface area contributed by atoms with Crippen molar-refractivity contribution in [1.29, 1.82) is 0 Å². The van der Waals surface area contributed by atoms with Gasteiger partial charge in [0.25, 0.3) is 5.91 Å². The monoisotopic (exact) mass is 343 g/mol. The van der Waals surface area contributed by atoms with Crippen LogP contribution in [0.1, 0.15) is 53.8 Å². The van der Waals surface area contributed by atoms with Gasteiger partial charge in [-0.15, -0.1) is 0 Å². The molecule has 0 aromatic carbocycles. The largest absolute Gasteiger partial charge is 0.368 e. The molecule has 1 atom stereocenters. The minimum atomic E-state index is -0.401. The molecule has 3 aliphatic rings. The van der Waals surface area contributed by atoms with Crippen molar-refractivity contribution in [3.05, 3.63) is 17.0 Å². The van der Waals surface area contributed by atoms with E-state index in [9.17, 15) is 9.59 Å². The van der Waals surface area contributed by atoms with E-state index < -0.39 is 5.41 Å². The molecule has 2 amide bonds. The van der Waals surface area contributed by atoms with Gasteiger partial charge in [0.2, 0.25) is 11.9 Å². The Hall–Kier alpha value is -2.18. The van der Waals surface area contributed by atoms with E-state index in [-0.39, 0.29) is 17.8 Å². The van der Waals surface area contributed by atoms with Crippen LogP contribution in [0.4, 0.5) is 5.95 Å². The SMILES string of the molecule is CN1CCC[C@@]2(CCN(C(=O)c3nc(N)nc4c3CCCC4)C2)C1=O. The van der Waals surface area contributed by atoms with E-state index in [2.05, 4.69) is 9.97 Å². The van der Waals surface area contributed by atoms with Crippen LogP contribution in [0.3, 0.4) is 0 Å². The second kappa shape index (κ2) is 5.97. The quantitative estimate of drug-likeness (QED) is 0.822. The van der Waals surface area contributed by atoms with E-state index in [0.717, 1.165) is 62.7 Å². The van der Waals surface area contributed by atoms with Gasteiger partial charge < -0.3 is 15.5 Å². The lowest BCUT2D eigenvalue weighted by Gasteiger charge is -2.37. The number of piperidine rings is 1. The van der Waals surface area contributed by atoms with Crippen molar-refractivity contribution in [2.75, 3.05) is 32.4 Å². The maximum absolute atomic E-state index is 13.1. The summed E-state index contributed by atoms with van der Waals surface area (Å²) in [5.74, 6) is 0.259. The fourth-order valence-electron chi connectivity index (χ4n) is 4.63. The third kappa shape index (κ3) is 2.65. The molecule has 0 saturated carbocycles. The molecule has 1 aromatic heterocycles. The van der Waals surface area contributed by atoms with Crippen LogP contribution >= 0.6 is 0 Å². The zero-order chi connectivity index (χ0) is 17.6. The van der Waals surface area contributed by atoms with Gasteiger partial charge in [0, 0.05) is 37.9 Å². The zero-order valence-corrected chi connectivity index (χ0v) is 14.8. The molecule has 2 aliphatic heterocycles. The van der Waals surface area contributed by atoms with Crippen molar-refractivity contribution in [3.8, 4) is 0 Å². The molecule has 2 saturated heterocycles. The number of hydrogen-bond donors (Lipinski definition) is 1. The van der Waals surface area contributed by atoms with Gasteiger partial charge in [0.15, 0.2) is 0 Å². The molecule has 7 heteroatoms. The molecule has 2 fully saturated rings. The Labute approximate surface area is 147 Å². The second-order valence-electron chi connectivity index (χ2n) is 7.65. The first-order valence-corrected chi connectivity index (χ1v) is 9.20. The van der Waals surface area contributed by atoms with Crippen LogP contribution in [-0.4, -0.2) is 58.3 Å². The van der Waals surface area contributed by atoms with Crippen molar-refractivity contribution in [2.24, 2.45) is 5.41 Å². The van der Waals surface area contributed by atoms with Crippen LogP contribution in [-0.2, 0) is 17.6 Å². The Morgan fingerprint density at radius 2 is 1.92 bits per heavy atom. The summed E-state index contributed by atoms with van der Waals surface area (Å²) in [5.41, 5.74) is 7.77. The first kappa shape index (κ1) is 16.3. The van der Waals surface area contributed by atoms with E-state index in [1.54, 1.807) is 4.90 Å². The zero-order valence-electron chi connectivity index (χ0n) is 14.8. The van der Waals surface area contributed by atoms with Gasteiger partial charge in [-0.05, 0) is 44.9 Å². The molecule has 1 aliphatic carbocycles. The summed E-state index contributed by atoms with van der Waals surface area (Å²) < 4.78 is 0. The molecule has 7 nitrogen and oxygen atoms in total. The highest BCUT2D eigenvalue weighted by Crippen LogP contribution is 2.40. The van der Waals surface area contributed by atoms with Crippen LogP contribution in [0.5, 0.6) is 0 Å². The third-order valence-corrected chi connectivity index (χ3v) is 5.99. The topological polar surface area (TPSA) is 92.4 Å². The van der Waals surface area contributed by atoms with Crippen molar-refractivity contribution >= 4 is 17.8 Å². The number of aryl methyl sites for hydroxylation is 1. The summed E-state index contributed by atoms with van der Waals surface area (Å²) in [6.45, 7) is 1.91. The number of aromatic nitrogens is 2. The van der Waals surface area contributed by atoms with E-state index in [1.165, 1.54) is 0 Å². The van der Waals surface area contributed by atoms with Gasteiger partial charge in [0.1, 0.15) is 5.69 Å². The van der Waals surface area contributed by atoms with E-state index in [0.29, 0.717) is 18.8 Å². The number of nitrogen functional groups attached to an aromatic ring is 1. The van der Waals surface area contributed by atoms with E-state index >= 15 is 0 Å². The molecule has 25 heavy (non-hydrogen) atoms. The second-order valence-corrected chi connectivity index (χ2v) is 7.65. The maximum Gasteiger partial charge on any atom is 0.272 e. The Bertz CT molecular complexity index is 734. The molecule has 4 rings (SSSR count). The number of likely N-dealkylation sites (tertiary alicyclic amines) is 2. The van der Waals surface area contributed by atoms with Crippen LogP contribution in [0.15, 0.2) is 0 Å². The first-order valence-electron chi connectivity index (χ1n) is 9.20. The maximum atomic E-state index is 13.1. The van der Waals surface area contributed by atoms with Crippen molar-refractivity contribution in [3.63, 3.8) is 0 Å². The van der Waals surface area contributed by atoms with Gasteiger partial charge in [-0.1, -0.05) is 0 Å². The smallest absolute Gasteiger partial charge is 0.272 e. The van der Waals surface area contributed by atoms with Crippen molar-refractivity contribution in [2.45, 2.75) is 44.9 Å². The minimum absolute atomic E-state index is 0.0925. The van der Waals surface area contributed by atoms with Crippen LogP contribution in [0, 0.1) is 5.41 Å². The average Bonchev–Trinajstić information content (AvgIpc) is 3.03. The van der Waals surface area contributed by atoms with Crippen LogP contribution in [0.2, 0.25) is 0 Å². The summed E-state index contributed by atoms with van der Waals surface area (Å²) in [5, 5.41) is 0. The standard InChI is InChI=1S/C18H25N5O2/c1-22-9-4-7-18(16(22)25)8-10-23(11-18)15(24)14-12-5-2-3-6-13(12)20-17(19)21-14/h2-11H2,1H3,(H2,19,20,21)/t18-/m0/s1. The van der Waals surface area contributed by atoms with Crippen molar-refractivity contribution < 1.29 is 9.59 Å². The number of anilines is 1. The van der Waals surface area contributed by atoms with Gasteiger partial charge in [-0.2, -0.15) is 0 Å². The number of fused-ring (bicyclic) bond motifs is 1. The number of hydrogen-bond acceptors (Lipinski definition) is 5. The minimum Gasteiger partial charge on any atom is -0.368 e. The molecule has 0 radical (unpaired) electrons. The predicted octanol–water partition coefficient (Wildman–Crippen LogP) is 1.02. The molecular formula is C18H25N5O2. The summed E-state index contributed by atoms with van der Waals surface area (Å²) in [4.78, 5) is 38.0. The molecule has 3 heterocycles. The summed E-state index contributed by atoms with van der Waals surface area (Å²) in [6.07, 6.45) is 6.42. The highest BCUT2D eigenvalue weighted by Gasteiger charge is 2.49. The molecule has 1 spiro atoms. The summed E-state index contributed by atoms with van der Waals surface area (Å²) >= 11 is 0. The Morgan fingerprint density at radius 1 is 1.12 bits per heavy atom. The lowest BCUT2D eigenvalue weighted by atomic mass is 9.78. The van der Waals surface area contributed by atoms with Gasteiger partial charge in [-0.3, -0.25) is 9.59 Å². The first-order chi connectivity index (χ1) is 12.0. The number of carbonyl (C=O) groups excluding carboxylic acids is 2. The normalized spacial score (nSPS) is 26.2. The Morgan fingerprint density at radius 3 is 2.76 bits per heavy atom. The Kier molecular flexibility index (Phi) is 3.89. The van der Waals surface area contributed by atoms with Gasteiger partial charge >= 0.3 is 0 Å². The molecule has 0 bridgehead atoms. The number of rotatable bonds is 1. The van der Waals surface area contributed by atoms with Gasteiger partial charge in [-0.25, -0.2) is 9.97 Å². The number of nitrogens with zero attached hydrogens (tertiary/aromatic N) is 4. The van der Waals surface area contributed by atoms with Crippen molar-refractivity contribution in [1.82, 2.24) is 19.8 Å². The summed E-state index contributed by atoms with van der Waals surface area (Å²) in [7, 11) is 1.86. The predicted molar refractivity (Wildman–Crippen MR) is 92.9 cm³/mol. The van der Waals surface area contributed by atoms with Gasteiger partial charge in [0.05, 0.1) is 5.41 Å². The lowest BCUT2D eigenvalue weighted by molar-refractivity contribution is -0.143. The van der Waals surface area contributed by atoms with E-state index in [4.69, 9.17) is 5.73 Å². The molecule has 1 aromatic rings. The number of nitrogens with two attached hydrogens (primary N) is 1. The molecule has 134 valence electrons. The molecule has 0 unspecified atom stereocenters. The van der Waals surface area contributed by atoms with Crippen LogP contribution < -0.4 is 5.73 Å².